The molecule has 0 aliphatic rings. The number of rotatable bonds is 6. The molecule has 0 fully saturated rings. The van der Waals surface area contributed by atoms with Crippen LogP contribution in [0.5, 0.6) is 0 Å². The fourth-order valence-corrected chi connectivity index (χ4v) is 2.42. The summed E-state index contributed by atoms with van der Waals surface area (Å²) in [6, 6.07) is 5.98. The first-order chi connectivity index (χ1) is 10.0. The van der Waals surface area contributed by atoms with Crippen LogP contribution in [0.2, 0.25) is 0 Å². The molecule has 0 bridgehead atoms. The lowest BCUT2D eigenvalue weighted by molar-refractivity contribution is -0.136. The number of aromatic nitrogens is 1. The van der Waals surface area contributed by atoms with Gasteiger partial charge >= 0.3 is 5.97 Å². The van der Waals surface area contributed by atoms with E-state index in [9.17, 15) is 14.0 Å². The molecule has 0 atom stereocenters. The number of carbonyl (C=O) groups is 2. The SMILES string of the molecule is O=C(O)Cc1csc(NC(=O)CCc2ccc(F)cc2)n1. The zero-order valence-electron chi connectivity index (χ0n) is 11.0. The monoisotopic (exact) mass is 308 g/mol. The van der Waals surface area contributed by atoms with Crippen molar-refractivity contribution in [3.8, 4) is 0 Å². The number of hydrogen-bond donors (Lipinski definition) is 2. The van der Waals surface area contributed by atoms with Gasteiger partial charge in [0.1, 0.15) is 5.82 Å². The van der Waals surface area contributed by atoms with E-state index in [1.807, 2.05) is 0 Å². The number of aliphatic carboxylic acids is 1. The van der Waals surface area contributed by atoms with Gasteiger partial charge in [0.25, 0.3) is 0 Å². The molecule has 2 N–H and O–H groups in total. The number of halogens is 1. The smallest absolute Gasteiger partial charge is 0.309 e. The van der Waals surface area contributed by atoms with Gasteiger partial charge in [0.2, 0.25) is 5.91 Å². The Morgan fingerprint density at radius 2 is 2.00 bits per heavy atom. The number of nitrogens with zero attached hydrogens (tertiary/aromatic N) is 1. The quantitative estimate of drug-likeness (QED) is 0.859. The molecule has 0 saturated heterocycles. The number of aryl methyl sites for hydroxylation is 1. The van der Waals surface area contributed by atoms with Crippen LogP contribution in [-0.2, 0) is 22.4 Å². The lowest BCUT2D eigenvalue weighted by Gasteiger charge is -2.02. The minimum absolute atomic E-state index is 0.165. The largest absolute Gasteiger partial charge is 0.481 e. The lowest BCUT2D eigenvalue weighted by atomic mass is 10.1. The Labute approximate surface area is 124 Å². The topological polar surface area (TPSA) is 79.3 Å². The molecule has 0 radical (unpaired) electrons. The molecule has 1 heterocycles. The first-order valence-electron chi connectivity index (χ1n) is 6.23. The lowest BCUT2D eigenvalue weighted by Crippen LogP contribution is -2.12. The van der Waals surface area contributed by atoms with Gasteiger partial charge in [0.15, 0.2) is 5.13 Å². The third-order valence-electron chi connectivity index (χ3n) is 2.68. The molecule has 0 unspecified atom stereocenters. The molecule has 2 rings (SSSR count). The van der Waals surface area contributed by atoms with E-state index in [0.29, 0.717) is 17.2 Å². The number of hydrogen-bond acceptors (Lipinski definition) is 4. The van der Waals surface area contributed by atoms with Crippen molar-refractivity contribution in [2.75, 3.05) is 5.32 Å². The maximum absolute atomic E-state index is 12.7. The van der Waals surface area contributed by atoms with Crippen LogP contribution in [0.15, 0.2) is 29.6 Å². The van der Waals surface area contributed by atoms with Crippen LogP contribution in [0, 0.1) is 5.82 Å². The van der Waals surface area contributed by atoms with Crippen molar-refractivity contribution in [3.63, 3.8) is 0 Å². The van der Waals surface area contributed by atoms with Crippen molar-refractivity contribution in [2.45, 2.75) is 19.3 Å². The van der Waals surface area contributed by atoms with Crippen LogP contribution >= 0.6 is 11.3 Å². The summed E-state index contributed by atoms with van der Waals surface area (Å²) < 4.78 is 12.7. The van der Waals surface area contributed by atoms with Crippen LogP contribution in [-0.4, -0.2) is 22.0 Å². The maximum atomic E-state index is 12.7. The predicted octanol–water partition coefficient (Wildman–Crippen LogP) is 2.48. The molecule has 1 amide bonds. The number of anilines is 1. The van der Waals surface area contributed by atoms with Gasteiger partial charge in [-0.25, -0.2) is 9.37 Å². The summed E-state index contributed by atoms with van der Waals surface area (Å²) in [5.41, 5.74) is 1.29. The molecule has 110 valence electrons. The number of carboxylic acids is 1. The highest BCUT2D eigenvalue weighted by Gasteiger charge is 2.09. The van der Waals surface area contributed by atoms with Gasteiger partial charge in [0, 0.05) is 11.8 Å². The van der Waals surface area contributed by atoms with Gasteiger partial charge in [-0.3, -0.25) is 9.59 Å². The van der Waals surface area contributed by atoms with Crippen molar-refractivity contribution >= 4 is 28.3 Å². The predicted molar refractivity (Wildman–Crippen MR) is 76.8 cm³/mol. The van der Waals surface area contributed by atoms with E-state index in [2.05, 4.69) is 10.3 Å². The minimum atomic E-state index is -0.963. The summed E-state index contributed by atoms with van der Waals surface area (Å²) in [6.07, 6.45) is 0.584. The average Bonchev–Trinajstić information content (AvgIpc) is 2.84. The van der Waals surface area contributed by atoms with Crippen LogP contribution in [0.1, 0.15) is 17.7 Å². The second kappa shape index (κ2) is 6.94. The maximum Gasteiger partial charge on any atom is 0.309 e. The third-order valence-corrected chi connectivity index (χ3v) is 3.49. The number of amides is 1. The Morgan fingerprint density at radius 1 is 1.29 bits per heavy atom. The molecule has 5 nitrogen and oxygen atoms in total. The molecule has 2 aromatic rings. The first kappa shape index (κ1) is 15.1. The Morgan fingerprint density at radius 3 is 2.67 bits per heavy atom. The molecular weight excluding hydrogens is 295 g/mol. The summed E-state index contributed by atoms with van der Waals surface area (Å²) in [4.78, 5) is 26.3. The molecule has 0 saturated carbocycles. The van der Waals surface area contributed by atoms with Crippen molar-refractivity contribution in [1.82, 2.24) is 4.98 Å². The zero-order chi connectivity index (χ0) is 15.2. The van der Waals surface area contributed by atoms with Gasteiger partial charge < -0.3 is 10.4 Å². The van der Waals surface area contributed by atoms with E-state index >= 15 is 0 Å². The van der Waals surface area contributed by atoms with Gasteiger partial charge in [-0.05, 0) is 24.1 Å². The van der Waals surface area contributed by atoms with E-state index in [0.717, 1.165) is 5.56 Å². The average molecular weight is 308 g/mol. The molecule has 1 aromatic heterocycles. The zero-order valence-corrected chi connectivity index (χ0v) is 11.8. The second-order valence-corrected chi connectivity index (χ2v) is 5.25. The van der Waals surface area contributed by atoms with E-state index in [1.54, 1.807) is 17.5 Å². The van der Waals surface area contributed by atoms with Crippen molar-refractivity contribution in [3.05, 3.63) is 46.7 Å². The Kier molecular flexibility index (Phi) is 4.99. The van der Waals surface area contributed by atoms with E-state index in [-0.39, 0.29) is 24.6 Å². The number of thiazole rings is 1. The number of benzene rings is 1. The summed E-state index contributed by atoms with van der Waals surface area (Å²) in [5, 5.41) is 13.2. The normalized spacial score (nSPS) is 10.3. The summed E-state index contributed by atoms with van der Waals surface area (Å²) in [5.74, 6) is -1.48. The summed E-state index contributed by atoms with van der Waals surface area (Å²) in [6.45, 7) is 0. The van der Waals surface area contributed by atoms with Gasteiger partial charge in [0.05, 0.1) is 12.1 Å². The summed E-state index contributed by atoms with van der Waals surface area (Å²) >= 11 is 1.19. The van der Waals surface area contributed by atoms with E-state index < -0.39 is 5.97 Å². The van der Waals surface area contributed by atoms with Crippen LogP contribution in [0.4, 0.5) is 9.52 Å². The minimum Gasteiger partial charge on any atom is -0.481 e. The summed E-state index contributed by atoms with van der Waals surface area (Å²) in [7, 11) is 0. The molecule has 0 aliphatic heterocycles. The third kappa shape index (κ3) is 4.96. The van der Waals surface area contributed by atoms with E-state index in [4.69, 9.17) is 5.11 Å². The highest BCUT2D eigenvalue weighted by atomic mass is 32.1. The molecule has 0 aliphatic carbocycles. The Balaban J connectivity index is 1.82. The highest BCUT2D eigenvalue weighted by Crippen LogP contribution is 2.16. The number of carboxylic acid groups (broad SMARTS) is 1. The first-order valence-corrected chi connectivity index (χ1v) is 7.11. The molecule has 0 spiro atoms. The highest BCUT2D eigenvalue weighted by molar-refractivity contribution is 7.13. The van der Waals surface area contributed by atoms with Crippen molar-refractivity contribution in [2.24, 2.45) is 0 Å². The number of carbonyl (C=O) groups excluding carboxylic acids is 1. The van der Waals surface area contributed by atoms with Crippen LogP contribution < -0.4 is 5.32 Å². The fourth-order valence-electron chi connectivity index (χ4n) is 1.69. The van der Waals surface area contributed by atoms with Gasteiger partial charge in [-0.2, -0.15) is 0 Å². The fraction of sp³-hybridized carbons (Fsp3) is 0.214. The van der Waals surface area contributed by atoms with Gasteiger partial charge in [-0.1, -0.05) is 12.1 Å². The van der Waals surface area contributed by atoms with Crippen molar-refractivity contribution in [1.29, 1.82) is 0 Å². The second-order valence-electron chi connectivity index (χ2n) is 4.39. The van der Waals surface area contributed by atoms with Crippen LogP contribution in [0.3, 0.4) is 0 Å². The van der Waals surface area contributed by atoms with E-state index in [1.165, 1.54) is 23.5 Å². The number of nitrogens with one attached hydrogen (secondary N) is 1. The molecule has 1 aromatic carbocycles. The molecular formula is C14H13FN2O3S. The van der Waals surface area contributed by atoms with Crippen LogP contribution in [0.25, 0.3) is 0 Å². The standard InChI is InChI=1S/C14H13FN2O3S/c15-10-4-1-9(2-5-10)3-6-12(18)17-14-16-11(8-21-14)7-13(19)20/h1-2,4-5,8H,3,6-7H2,(H,19,20)(H,16,17,18). The van der Waals surface area contributed by atoms with Crippen molar-refractivity contribution < 1.29 is 19.1 Å². The Hall–Kier alpha value is -2.28. The molecule has 21 heavy (non-hydrogen) atoms. The Bertz CT molecular complexity index is 640. The van der Waals surface area contributed by atoms with Gasteiger partial charge in [-0.15, -0.1) is 11.3 Å². The molecule has 7 heteroatoms.